The molecule has 8 heteroatoms. The normalized spacial score (nSPS) is 11.9. The van der Waals surface area contributed by atoms with Crippen molar-refractivity contribution in [3.8, 4) is 0 Å². The lowest BCUT2D eigenvalue weighted by Gasteiger charge is -2.04. The minimum Gasteiger partial charge on any atom is -0.396 e. The molecule has 0 amide bonds. The van der Waals surface area contributed by atoms with E-state index in [1.54, 1.807) is 23.0 Å². The van der Waals surface area contributed by atoms with Gasteiger partial charge in [-0.05, 0) is 19.1 Å². The van der Waals surface area contributed by atoms with Gasteiger partial charge in [0.1, 0.15) is 4.21 Å². The van der Waals surface area contributed by atoms with E-state index in [0.29, 0.717) is 6.42 Å². The van der Waals surface area contributed by atoms with Gasteiger partial charge in [0.05, 0.1) is 6.20 Å². The fourth-order valence-electron chi connectivity index (χ4n) is 1.71. The van der Waals surface area contributed by atoms with Crippen molar-refractivity contribution < 1.29 is 13.5 Å². The summed E-state index contributed by atoms with van der Waals surface area (Å²) in [5, 5.41) is 12.9. The monoisotopic (exact) mass is 315 g/mol. The van der Waals surface area contributed by atoms with Crippen molar-refractivity contribution in [1.82, 2.24) is 14.5 Å². The van der Waals surface area contributed by atoms with Crippen LogP contribution in [-0.4, -0.2) is 29.9 Å². The Kier molecular flexibility index (Phi) is 4.59. The third-order valence-corrected chi connectivity index (χ3v) is 6.09. The Hall–Kier alpha value is -1.22. The maximum absolute atomic E-state index is 12.2. The second-order valence-electron chi connectivity index (χ2n) is 4.40. The number of nitrogens with one attached hydrogen (secondary N) is 1. The van der Waals surface area contributed by atoms with Gasteiger partial charge in [-0.3, -0.25) is 4.68 Å². The highest BCUT2D eigenvalue weighted by Gasteiger charge is 2.17. The minimum absolute atomic E-state index is 0.0162. The predicted molar refractivity (Wildman–Crippen MR) is 77.1 cm³/mol. The van der Waals surface area contributed by atoms with Crippen LogP contribution in [0, 0.1) is 6.92 Å². The molecule has 0 aromatic carbocycles. The van der Waals surface area contributed by atoms with Crippen LogP contribution in [0.3, 0.4) is 0 Å². The minimum atomic E-state index is -3.51. The van der Waals surface area contributed by atoms with Crippen LogP contribution in [0.5, 0.6) is 0 Å². The quantitative estimate of drug-likeness (QED) is 0.826. The van der Waals surface area contributed by atoms with Gasteiger partial charge in [0.2, 0.25) is 10.0 Å². The van der Waals surface area contributed by atoms with E-state index in [1.807, 2.05) is 14.0 Å². The molecule has 0 spiro atoms. The molecule has 0 fully saturated rings. The molecular formula is C12H17N3O3S2. The number of aryl methyl sites for hydroxylation is 1. The second-order valence-corrected chi connectivity index (χ2v) is 7.56. The Labute approximate surface area is 122 Å². The third-order valence-electron chi connectivity index (χ3n) is 3.05. The molecule has 0 radical (unpaired) electrons. The Bertz CT molecular complexity index is 689. The molecule has 0 atom stereocenters. The van der Waals surface area contributed by atoms with Crippen LogP contribution in [0.2, 0.25) is 0 Å². The standard InChI is InChI=1S/C12H17N3O3S2/c1-9-10(7-13-15(9)2)8-14-20(17,18)12-4-3-11(19-12)5-6-16/h3-4,7,14,16H,5-6,8H2,1-2H3. The summed E-state index contributed by atoms with van der Waals surface area (Å²) in [6, 6.07) is 3.29. The molecule has 0 saturated carbocycles. The van der Waals surface area contributed by atoms with Crippen molar-refractivity contribution in [1.29, 1.82) is 0 Å². The van der Waals surface area contributed by atoms with E-state index in [4.69, 9.17) is 5.11 Å². The summed E-state index contributed by atoms with van der Waals surface area (Å²) in [7, 11) is -1.70. The Morgan fingerprint density at radius 1 is 1.45 bits per heavy atom. The summed E-state index contributed by atoms with van der Waals surface area (Å²) >= 11 is 1.18. The van der Waals surface area contributed by atoms with Crippen molar-refractivity contribution in [2.75, 3.05) is 6.61 Å². The first-order valence-electron chi connectivity index (χ1n) is 6.11. The number of aromatic nitrogens is 2. The topological polar surface area (TPSA) is 84.2 Å². The molecule has 6 nitrogen and oxygen atoms in total. The first-order valence-corrected chi connectivity index (χ1v) is 8.40. The van der Waals surface area contributed by atoms with Crippen molar-refractivity contribution in [3.63, 3.8) is 0 Å². The Balaban J connectivity index is 2.08. The maximum Gasteiger partial charge on any atom is 0.250 e. The lowest BCUT2D eigenvalue weighted by atomic mass is 10.3. The molecule has 20 heavy (non-hydrogen) atoms. The molecule has 2 rings (SSSR count). The van der Waals surface area contributed by atoms with Gasteiger partial charge in [-0.25, -0.2) is 13.1 Å². The zero-order chi connectivity index (χ0) is 14.8. The molecule has 2 heterocycles. The zero-order valence-corrected chi connectivity index (χ0v) is 13.0. The summed E-state index contributed by atoms with van der Waals surface area (Å²) in [6.45, 7) is 2.12. The van der Waals surface area contributed by atoms with Crippen molar-refractivity contribution in [2.24, 2.45) is 7.05 Å². The van der Waals surface area contributed by atoms with Gasteiger partial charge < -0.3 is 5.11 Å². The number of nitrogens with zero attached hydrogens (tertiary/aromatic N) is 2. The number of hydrogen-bond donors (Lipinski definition) is 2. The van der Waals surface area contributed by atoms with Crippen molar-refractivity contribution in [2.45, 2.75) is 24.1 Å². The van der Waals surface area contributed by atoms with E-state index in [9.17, 15) is 8.42 Å². The van der Waals surface area contributed by atoms with E-state index in [2.05, 4.69) is 9.82 Å². The summed E-state index contributed by atoms with van der Waals surface area (Å²) < 4.78 is 28.8. The fraction of sp³-hybridized carbons (Fsp3) is 0.417. The number of aliphatic hydroxyl groups is 1. The Morgan fingerprint density at radius 3 is 2.80 bits per heavy atom. The summed E-state index contributed by atoms with van der Waals surface area (Å²) in [6.07, 6.45) is 2.13. The molecule has 0 aliphatic carbocycles. The van der Waals surface area contributed by atoms with Gasteiger partial charge in [-0.15, -0.1) is 11.3 Å². The predicted octanol–water partition coefficient (Wildman–Crippen LogP) is 0.803. The molecule has 110 valence electrons. The molecule has 0 unspecified atom stereocenters. The molecule has 0 aliphatic heterocycles. The summed E-state index contributed by atoms with van der Waals surface area (Å²) in [4.78, 5) is 0.852. The summed E-state index contributed by atoms with van der Waals surface area (Å²) in [5.41, 5.74) is 1.78. The van der Waals surface area contributed by atoms with Crippen molar-refractivity contribution >= 4 is 21.4 Å². The van der Waals surface area contributed by atoms with E-state index in [1.165, 1.54) is 11.3 Å². The highest BCUT2D eigenvalue weighted by Crippen LogP contribution is 2.22. The van der Waals surface area contributed by atoms with Gasteiger partial charge in [-0.1, -0.05) is 0 Å². The van der Waals surface area contributed by atoms with E-state index in [-0.39, 0.29) is 17.4 Å². The average Bonchev–Trinajstić information content (AvgIpc) is 2.98. The van der Waals surface area contributed by atoms with Gasteiger partial charge >= 0.3 is 0 Å². The number of hydrogen-bond acceptors (Lipinski definition) is 5. The molecule has 2 N–H and O–H groups in total. The van der Waals surface area contributed by atoms with E-state index >= 15 is 0 Å². The molecule has 0 aliphatic rings. The maximum atomic E-state index is 12.2. The van der Waals surface area contributed by atoms with Crippen LogP contribution in [0.1, 0.15) is 16.1 Å². The largest absolute Gasteiger partial charge is 0.396 e. The van der Waals surface area contributed by atoms with Gasteiger partial charge in [-0.2, -0.15) is 5.10 Å². The number of rotatable bonds is 6. The van der Waals surface area contributed by atoms with Gasteiger partial charge in [0.15, 0.2) is 0 Å². The first kappa shape index (κ1) is 15.2. The van der Waals surface area contributed by atoms with Crippen LogP contribution in [0.4, 0.5) is 0 Å². The summed E-state index contributed by atoms with van der Waals surface area (Å²) in [5.74, 6) is 0. The third kappa shape index (κ3) is 3.26. The molecule has 2 aromatic heterocycles. The van der Waals surface area contributed by atoms with Crippen LogP contribution in [-0.2, 0) is 30.0 Å². The van der Waals surface area contributed by atoms with Crippen LogP contribution in [0.25, 0.3) is 0 Å². The first-order chi connectivity index (χ1) is 9.44. The smallest absolute Gasteiger partial charge is 0.250 e. The highest BCUT2D eigenvalue weighted by molar-refractivity contribution is 7.91. The van der Waals surface area contributed by atoms with E-state index in [0.717, 1.165) is 16.1 Å². The zero-order valence-electron chi connectivity index (χ0n) is 11.3. The fourth-order valence-corrected chi connectivity index (χ4v) is 4.10. The number of thiophene rings is 1. The van der Waals surface area contributed by atoms with Gasteiger partial charge in [0.25, 0.3) is 0 Å². The molecular weight excluding hydrogens is 298 g/mol. The molecule has 2 aromatic rings. The number of aliphatic hydroxyl groups excluding tert-OH is 1. The molecule has 0 saturated heterocycles. The Morgan fingerprint density at radius 2 is 2.20 bits per heavy atom. The second kappa shape index (κ2) is 6.04. The van der Waals surface area contributed by atoms with E-state index < -0.39 is 10.0 Å². The van der Waals surface area contributed by atoms with Crippen LogP contribution >= 0.6 is 11.3 Å². The lowest BCUT2D eigenvalue weighted by Crippen LogP contribution is -2.22. The van der Waals surface area contributed by atoms with Crippen molar-refractivity contribution in [3.05, 3.63) is 34.5 Å². The molecule has 0 bridgehead atoms. The lowest BCUT2D eigenvalue weighted by molar-refractivity contribution is 0.300. The van der Waals surface area contributed by atoms with Gasteiger partial charge in [0, 0.05) is 42.8 Å². The van der Waals surface area contributed by atoms with Crippen LogP contribution in [0.15, 0.2) is 22.5 Å². The SMILES string of the molecule is Cc1c(CNS(=O)(=O)c2ccc(CCO)s2)cnn1C. The highest BCUT2D eigenvalue weighted by atomic mass is 32.2. The average molecular weight is 315 g/mol. The van der Waals surface area contributed by atoms with Crippen LogP contribution < -0.4 is 4.72 Å². The number of sulfonamides is 1.